The van der Waals surface area contributed by atoms with E-state index < -0.39 is 10.0 Å². The standard InChI is InChI=1S/C21H29N3O4S/c1-6-18-19(15(2)22-28-18)20(25)23-11-13-24(14-12-23)29(26,27)17-9-7-16(8-10-17)21(3,4)5/h7-10H,6,11-14H2,1-5H3. The number of benzene rings is 1. The normalized spacial score (nSPS) is 16.2. The van der Waals surface area contributed by atoms with Crippen molar-refractivity contribution in [3.8, 4) is 0 Å². The maximum Gasteiger partial charge on any atom is 0.259 e. The Morgan fingerprint density at radius 1 is 1.10 bits per heavy atom. The smallest absolute Gasteiger partial charge is 0.259 e. The van der Waals surface area contributed by atoms with Crippen molar-refractivity contribution in [2.45, 2.75) is 51.3 Å². The molecule has 158 valence electrons. The van der Waals surface area contributed by atoms with Crippen molar-refractivity contribution in [3.63, 3.8) is 0 Å². The van der Waals surface area contributed by atoms with Gasteiger partial charge in [-0.25, -0.2) is 8.42 Å². The Morgan fingerprint density at radius 3 is 2.21 bits per heavy atom. The summed E-state index contributed by atoms with van der Waals surface area (Å²) < 4.78 is 32.7. The van der Waals surface area contributed by atoms with Crippen LogP contribution >= 0.6 is 0 Å². The number of sulfonamides is 1. The van der Waals surface area contributed by atoms with Crippen molar-refractivity contribution in [3.05, 3.63) is 46.8 Å². The Bertz CT molecular complexity index is 980. The molecule has 7 nitrogen and oxygen atoms in total. The highest BCUT2D eigenvalue weighted by molar-refractivity contribution is 7.89. The summed E-state index contributed by atoms with van der Waals surface area (Å²) in [6.07, 6.45) is 0.584. The SMILES string of the molecule is CCc1onc(C)c1C(=O)N1CCN(S(=O)(=O)c2ccc(C(C)(C)C)cc2)CC1. The van der Waals surface area contributed by atoms with Gasteiger partial charge in [-0.1, -0.05) is 45.0 Å². The highest BCUT2D eigenvalue weighted by atomic mass is 32.2. The van der Waals surface area contributed by atoms with Crippen LogP contribution in [0.1, 0.15) is 55.1 Å². The molecule has 0 radical (unpaired) electrons. The molecule has 0 bridgehead atoms. The molecule has 0 saturated carbocycles. The Hall–Kier alpha value is -2.19. The molecule has 1 amide bonds. The number of rotatable bonds is 4. The van der Waals surface area contributed by atoms with Gasteiger partial charge in [0.1, 0.15) is 11.3 Å². The number of carbonyl (C=O) groups excluding carboxylic acids is 1. The van der Waals surface area contributed by atoms with Crippen molar-refractivity contribution in [1.29, 1.82) is 0 Å². The fraction of sp³-hybridized carbons (Fsp3) is 0.524. The van der Waals surface area contributed by atoms with Gasteiger partial charge >= 0.3 is 0 Å². The summed E-state index contributed by atoms with van der Waals surface area (Å²) in [5, 5.41) is 3.89. The lowest BCUT2D eigenvalue weighted by Gasteiger charge is -2.34. The maximum atomic E-state index is 13.0. The second-order valence-corrected chi connectivity index (χ2v) is 10.3. The topological polar surface area (TPSA) is 83.7 Å². The average molecular weight is 420 g/mol. The van der Waals surface area contributed by atoms with Gasteiger partial charge in [-0.05, 0) is 30.0 Å². The van der Waals surface area contributed by atoms with E-state index in [1.165, 1.54) is 4.31 Å². The van der Waals surface area contributed by atoms with Crippen LogP contribution in [0.2, 0.25) is 0 Å². The molecule has 1 aliphatic rings. The zero-order valence-corrected chi connectivity index (χ0v) is 18.5. The van der Waals surface area contributed by atoms with E-state index in [0.717, 1.165) is 5.56 Å². The number of nitrogens with zero attached hydrogens (tertiary/aromatic N) is 3. The van der Waals surface area contributed by atoms with E-state index in [-0.39, 0.29) is 29.3 Å². The first-order valence-electron chi connectivity index (χ1n) is 9.91. The molecule has 1 aliphatic heterocycles. The average Bonchev–Trinajstić information content (AvgIpc) is 3.07. The van der Waals surface area contributed by atoms with Gasteiger partial charge in [0.05, 0.1) is 10.6 Å². The Kier molecular flexibility index (Phi) is 5.87. The number of piperazine rings is 1. The van der Waals surface area contributed by atoms with E-state index in [0.29, 0.717) is 36.5 Å². The van der Waals surface area contributed by atoms with Gasteiger partial charge in [0, 0.05) is 32.6 Å². The van der Waals surface area contributed by atoms with Gasteiger partial charge in [0.2, 0.25) is 10.0 Å². The fourth-order valence-corrected chi connectivity index (χ4v) is 4.92. The van der Waals surface area contributed by atoms with Crippen molar-refractivity contribution in [2.24, 2.45) is 0 Å². The summed E-state index contributed by atoms with van der Waals surface area (Å²) in [6, 6.07) is 7.07. The molecule has 1 aromatic carbocycles. The first-order chi connectivity index (χ1) is 13.6. The van der Waals surface area contributed by atoms with Crippen LogP contribution < -0.4 is 0 Å². The Balaban J connectivity index is 1.71. The van der Waals surface area contributed by atoms with Crippen LogP contribution in [0, 0.1) is 6.92 Å². The van der Waals surface area contributed by atoms with Gasteiger partial charge in [-0.15, -0.1) is 0 Å². The van der Waals surface area contributed by atoms with E-state index in [9.17, 15) is 13.2 Å². The Labute approximate surface area is 172 Å². The van der Waals surface area contributed by atoms with Crippen LogP contribution in [-0.2, 0) is 21.9 Å². The van der Waals surface area contributed by atoms with Crippen LogP contribution in [0.15, 0.2) is 33.7 Å². The first-order valence-corrected chi connectivity index (χ1v) is 11.3. The van der Waals surface area contributed by atoms with Gasteiger partial charge in [0.15, 0.2) is 0 Å². The number of carbonyl (C=O) groups is 1. The van der Waals surface area contributed by atoms with E-state index in [1.54, 1.807) is 24.0 Å². The Morgan fingerprint density at radius 2 is 1.69 bits per heavy atom. The van der Waals surface area contributed by atoms with Crippen LogP contribution in [0.4, 0.5) is 0 Å². The lowest BCUT2D eigenvalue weighted by molar-refractivity contribution is 0.0695. The van der Waals surface area contributed by atoms with E-state index in [1.807, 2.05) is 19.1 Å². The van der Waals surface area contributed by atoms with Crippen molar-refractivity contribution < 1.29 is 17.7 Å². The van der Waals surface area contributed by atoms with Crippen molar-refractivity contribution in [2.75, 3.05) is 26.2 Å². The third-order valence-corrected chi connectivity index (χ3v) is 7.27. The first kappa shape index (κ1) is 21.5. The molecular formula is C21H29N3O4S. The molecule has 0 N–H and O–H groups in total. The fourth-order valence-electron chi connectivity index (χ4n) is 3.50. The predicted octanol–water partition coefficient (Wildman–Crippen LogP) is 2.99. The highest BCUT2D eigenvalue weighted by Gasteiger charge is 2.32. The summed E-state index contributed by atoms with van der Waals surface area (Å²) in [7, 11) is -3.58. The van der Waals surface area contributed by atoms with Crippen molar-refractivity contribution in [1.82, 2.24) is 14.4 Å². The van der Waals surface area contributed by atoms with Gasteiger partial charge in [-0.2, -0.15) is 4.31 Å². The largest absolute Gasteiger partial charge is 0.360 e. The van der Waals surface area contributed by atoms with Crippen LogP contribution in [-0.4, -0.2) is 54.9 Å². The predicted molar refractivity (Wildman–Crippen MR) is 110 cm³/mol. The second-order valence-electron chi connectivity index (χ2n) is 8.39. The van der Waals surface area contributed by atoms with E-state index >= 15 is 0 Å². The molecule has 29 heavy (non-hydrogen) atoms. The maximum absolute atomic E-state index is 13.0. The quantitative estimate of drug-likeness (QED) is 0.761. The molecule has 1 saturated heterocycles. The zero-order valence-electron chi connectivity index (χ0n) is 17.7. The second kappa shape index (κ2) is 7.91. The number of hydrogen-bond donors (Lipinski definition) is 0. The highest BCUT2D eigenvalue weighted by Crippen LogP contribution is 2.25. The molecule has 8 heteroatoms. The monoisotopic (exact) mass is 419 g/mol. The lowest BCUT2D eigenvalue weighted by atomic mass is 9.87. The van der Waals surface area contributed by atoms with Crippen LogP contribution in [0.3, 0.4) is 0 Å². The number of hydrogen-bond acceptors (Lipinski definition) is 5. The minimum atomic E-state index is -3.58. The number of aryl methyl sites for hydroxylation is 2. The van der Waals surface area contributed by atoms with Crippen LogP contribution in [0.5, 0.6) is 0 Å². The van der Waals surface area contributed by atoms with E-state index in [2.05, 4.69) is 25.9 Å². The zero-order chi connectivity index (χ0) is 21.4. The van der Waals surface area contributed by atoms with Gasteiger partial charge < -0.3 is 9.42 Å². The molecule has 0 spiro atoms. The lowest BCUT2D eigenvalue weighted by Crippen LogP contribution is -2.50. The summed E-state index contributed by atoms with van der Waals surface area (Å²) in [5.41, 5.74) is 2.12. The molecule has 2 aromatic rings. The summed E-state index contributed by atoms with van der Waals surface area (Å²) in [6.45, 7) is 11.1. The number of amides is 1. The molecule has 0 aliphatic carbocycles. The van der Waals surface area contributed by atoms with Crippen molar-refractivity contribution >= 4 is 15.9 Å². The van der Waals surface area contributed by atoms with Gasteiger partial charge in [0.25, 0.3) is 5.91 Å². The third kappa shape index (κ3) is 4.23. The van der Waals surface area contributed by atoms with Gasteiger partial charge in [-0.3, -0.25) is 4.79 Å². The van der Waals surface area contributed by atoms with E-state index in [4.69, 9.17) is 4.52 Å². The minimum Gasteiger partial charge on any atom is -0.360 e. The molecular weight excluding hydrogens is 390 g/mol. The third-order valence-electron chi connectivity index (χ3n) is 5.35. The van der Waals surface area contributed by atoms with Crippen LogP contribution in [0.25, 0.3) is 0 Å². The molecule has 2 heterocycles. The molecule has 0 unspecified atom stereocenters. The molecule has 0 atom stereocenters. The summed E-state index contributed by atoms with van der Waals surface area (Å²) >= 11 is 0. The minimum absolute atomic E-state index is 0.0360. The summed E-state index contributed by atoms with van der Waals surface area (Å²) in [4.78, 5) is 14.8. The summed E-state index contributed by atoms with van der Waals surface area (Å²) in [5.74, 6) is 0.425. The molecule has 3 rings (SSSR count). The molecule has 1 fully saturated rings. The number of aromatic nitrogens is 1. The molecule has 1 aromatic heterocycles.